The lowest BCUT2D eigenvalue weighted by Crippen LogP contribution is -2.43. The molecule has 0 bridgehead atoms. The zero-order valence-electron chi connectivity index (χ0n) is 29.9. The lowest BCUT2D eigenvalue weighted by atomic mass is 9.80. The summed E-state index contributed by atoms with van der Waals surface area (Å²) in [6, 6.07) is 24.8. The first-order valence-electron chi connectivity index (χ1n) is 17.5. The van der Waals surface area contributed by atoms with Crippen LogP contribution in [0.5, 0.6) is 11.5 Å². The summed E-state index contributed by atoms with van der Waals surface area (Å²) >= 11 is 0. The van der Waals surface area contributed by atoms with E-state index in [-0.39, 0.29) is 25.3 Å². The SMILES string of the molecule is CCCCC(=O)O[C@@H]1[C@H](OC(=O)CCCC)[C@@H](COC(c2ccccc2)(c2ccc(OC)cc2)c2ccc(OC)cc2)O[C@H]1n1cnc(C(N)=O)n1. The van der Waals surface area contributed by atoms with Gasteiger partial charge in [-0.25, -0.2) is 9.67 Å². The summed E-state index contributed by atoms with van der Waals surface area (Å²) in [6.07, 6.45) is -0.0421. The number of carbonyl (C=O) groups is 3. The molecule has 276 valence electrons. The average Bonchev–Trinajstić information content (AvgIpc) is 3.80. The third-order valence-electron chi connectivity index (χ3n) is 8.92. The van der Waals surface area contributed by atoms with Gasteiger partial charge in [0.15, 0.2) is 18.4 Å². The monoisotopic (exact) mass is 714 g/mol. The first-order valence-corrected chi connectivity index (χ1v) is 17.5. The molecule has 2 N–H and O–H groups in total. The Balaban J connectivity index is 1.61. The number of rotatable bonds is 18. The average molecular weight is 715 g/mol. The molecule has 1 aromatic heterocycles. The highest BCUT2D eigenvalue weighted by Gasteiger charge is 2.52. The molecule has 4 atom stereocenters. The number of hydrogen-bond donors (Lipinski definition) is 1. The van der Waals surface area contributed by atoms with Gasteiger partial charge in [-0.3, -0.25) is 14.4 Å². The number of aromatic nitrogens is 3. The van der Waals surface area contributed by atoms with Gasteiger partial charge >= 0.3 is 11.9 Å². The van der Waals surface area contributed by atoms with Gasteiger partial charge in [0, 0.05) is 12.8 Å². The Bertz CT molecular complexity index is 1720. The number of primary amides is 1. The highest BCUT2D eigenvalue weighted by molar-refractivity contribution is 5.88. The Labute approximate surface area is 303 Å². The fourth-order valence-electron chi connectivity index (χ4n) is 6.18. The summed E-state index contributed by atoms with van der Waals surface area (Å²) in [5.41, 5.74) is 6.59. The summed E-state index contributed by atoms with van der Waals surface area (Å²) in [5, 5.41) is 4.20. The van der Waals surface area contributed by atoms with Crippen molar-refractivity contribution in [2.75, 3.05) is 20.8 Å². The lowest BCUT2D eigenvalue weighted by molar-refractivity contribution is -0.169. The molecule has 0 unspecified atom stereocenters. The predicted molar refractivity (Wildman–Crippen MR) is 190 cm³/mol. The molecule has 0 saturated carbocycles. The van der Waals surface area contributed by atoms with Crippen LogP contribution < -0.4 is 15.2 Å². The third-order valence-corrected chi connectivity index (χ3v) is 8.92. The molecule has 0 aliphatic carbocycles. The maximum absolute atomic E-state index is 13.3. The standard InChI is InChI=1S/C39H46N4O9/c1-5-7-14-32(44)51-34-31(50-38(35(34)52-33(45)15-8-6-2)43-25-41-37(42-43)36(40)46)24-49-39(26-12-10-9-11-13-26,27-16-20-29(47-3)21-17-27)28-18-22-30(48-4)23-19-28/h9-13,16-23,25,31,34-35,38H,5-8,14-15,24H2,1-4H3,(H2,40,46)/t31-,34-,35-,38-/m1/s1. The highest BCUT2D eigenvalue weighted by Crippen LogP contribution is 2.43. The maximum atomic E-state index is 13.3. The van der Waals surface area contributed by atoms with Crippen molar-refractivity contribution in [3.05, 3.63) is 108 Å². The van der Waals surface area contributed by atoms with E-state index in [9.17, 15) is 14.4 Å². The topological polar surface area (TPSA) is 163 Å². The number of ether oxygens (including phenoxy) is 6. The van der Waals surface area contributed by atoms with Crippen molar-refractivity contribution >= 4 is 17.8 Å². The van der Waals surface area contributed by atoms with Gasteiger partial charge in [0.05, 0.1) is 20.8 Å². The molecule has 3 aromatic carbocycles. The largest absolute Gasteiger partial charge is 0.497 e. The summed E-state index contributed by atoms with van der Waals surface area (Å²) < 4.78 is 37.9. The molecule has 13 nitrogen and oxygen atoms in total. The minimum absolute atomic E-state index is 0.143. The number of nitrogens with zero attached hydrogens (tertiary/aromatic N) is 3. The van der Waals surface area contributed by atoms with Gasteiger partial charge in [-0.15, -0.1) is 5.10 Å². The normalized spacial score (nSPS) is 18.5. The molecular formula is C39H46N4O9. The minimum Gasteiger partial charge on any atom is -0.497 e. The zero-order valence-corrected chi connectivity index (χ0v) is 29.9. The summed E-state index contributed by atoms with van der Waals surface area (Å²) in [5.74, 6) is -0.747. The third kappa shape index (κ3) is 8.60. The molecule has 0 spiro atoms. The van der Waals surface area contributed by atoms with Crippen molar-refractivity contribution in [3.8, 4) is 11.5 Å². The van der Waals surface area contributed by atoms with E-state index >= 15 is 0 Å². The van der Waals surface area contributed by atoms with Crippen molar-refractivity contribution < 1.29 is 42.8 Å². The molecule has 1 saturated heterocycles. The molecule has 1 aliphatic rings. The van der Waals surface area contributed by atoms with E-state index in [0.29, 0.717) is 24.3 Å². The van der Waals surface area contributed by atoms with Crippen molar-refractivity contribution in [1.82, 2.24) is 14.8 Å². The van der Waals surface area contributed by atoms with E-state index in [1.165, 1.54) is 11.0 Å². The number of carbonyl (C=O) groups excluding carboxylic acids is 3. The van der Waals surface area contributed by atoms with Crippen molar-refractivity contribution in [2.45, 2.75) is 82.5 Å². The Kier molecular flexibility index (Phi) is 13.0. The summed E-state index contributed by atoms with van der Waals surface area (Å²) in [6.45, 7) is 3.79. The van der Waals surface area contributed by atoms with Gasteiger partial charge in [-0.1, -0.05) is 81.3 Å². The van der Waals surface area contributed by atoms with Crippen molar-refractivity contribution in [2.24, 2.45) is 5.73 Å². The predicted octanol–water partition coefficient (Wildman–Crippen LogP) is 5.50. The number of benzene rings is 3. The van der Waals surface area contributed by atoms with Gasteiger partial charge < -0.3 is 34.2 Å². The maximum Gasteiger partial charge on any atom is 0.306 e. The molecule has 0 radical (unpaired) electrons. The molecule has 52 heavy (non-hydrogen) atoms. The number of esters is 2. The number of methoxy groups -OCH3 is 2. The summed E-state index contributed by atoms with van der Waals surface area (Å²) in [7, 11) is 3.20. The van der Waals surface area contributed by atoms with E-state index in [1.807, 2.05) is 92.7 Å². The van der Waals surface area contributed by atoms with Crippen LogP contribution in [0.2, 0.25) is 0 Å². The number of amides is 1. The van der Waals surface area contributed by atoms with Gasteiger partial charge in [0.1, 0.15) is 29.5 Å². The molecule has 13 heteroatoms. The van der Waals surface area contributed by atoms with E-state index in [0.717, 1.165) is 29.5 Å². The Morgan fingerprint density at radius 1 is 0.769 bits per heavy atom. The van der Waals surface area contributed by atoms with E-state index < -0.39 is 48.0 Å². The van der Waals surface area contributed by atoms with Gasteiger partial charge in [0.25, 0.3) is 5.91 Å². The van der Waals surface area contributed by atoms with Crippen LogP contribution in [0.4, 0.5) is 0 Å². The first-order chi connectivity index (χ1) is 25.2. The molecule has 1 aliphatic heterocycles. The van der Waals surface area contributed by atoms with Gasteiger partial charge in [-0.2, -0.15) is 0 Å². The smallest absolute Gasteiger partial charge is 0.306 e. The van der Waals surface area contributed by atoms with Crippen LogP contribution >= 0.6 is 0 Å². The first kappa shape index (κ1) is 38.0. The minimum atomic E-state index is -1.22. The van der Waals surface area contributed by atoms with Crippen LogP contribution in [0, 0.1) is 0 Å². The van der Waals surface area contributed by atoms with Crippen molar-refractivity contribution in [3.63, 3.8) is 0 Å². The van der Waals surface area contributed by atoms with Crippen LogP contribution in [0.3, 0.4) is 0 Å². The zero-order chi connectivity index (χ0) is 37.1. The van der Waals surface area contributed by atoms with Crippen LogP contribution in [-0.2, 0) is 34.1 Å². The number of hydrogen-bond acceptors (Lipinski definition) is 11. The van der Waals surface area contributed by atoms with E-state index in [1.54, 1.807) is 14.2 Å². The highest BCUT2D eigenvalue weighted by atomic mass is 16.7. The number of nitrogens with two attached hydrogens (primary N) is 1. The molecular weight excluding hydrogens is 668 g/mol. The molecule has 1 amide bonds. The summed E-state index contributed by atoms with van der Waals surface area (Å²) in [4.78, 5) is 42.3. The van der Waals surface area contributed by atoms with Crippen LogP contribution in [0.15, 0.2) is 85.2 Å². The van der Waals surface area contributed by atoms with E-state index in [4.69, 9.17) is 34.2 Å². The van der Waals surface area contributed by atoms with Gasteiger partial charge in [0.2, 0.25) is 5.82 Å². The Morgan fingerprint density at radius 2 is 1.29 bits per heavy atom. The fraction of sp³-hybridized carbons (Fsp3) is 0.410. The van der Waals surface area contributed by atoms with Crippen molar-refractivity contribution in [1.29, 1.82) is 0 Å². The second-order valence-electron chi connectivity index (χ2n) is 12.4. The molecule has 4 aromatic rings. The van der Waals surface area contributed by atoms with Crippen LogP contribution in [-0.4, -0.2) is 71.7 Å². The molecule has 2 heterocycles. The Hall–Kier alpha value is -5.27. The van der Waals surface area contributed by atoms with E-state index in [2.05, 4.69) is 10.1 Å². The fourth-order valence-corrected chi connectivity index (χ4v) is 6.18. The molecule has 1 fully saturated rings. The molecule has 5 rings (SSSR count). The quantitative estimate of drug-likeness (QED) is 0.102. The second kappa shape index (κ2) is 17.8. The Morgan fingerprint density at radius 3 is 1.77 bits per heavy atom. The lowest BCUT2D eigenvalue weighted by Gasteiger charge is -2.37. The second-order valence-corrected chi connectivity index (χ2v) is 12.4. The number of unbranched alkanes of at least 4 members (excludes halogenated alkanes) is 2. The van der Waals surface area contributed by atoms with Gasteiger partial charge in [-0.05, 0) is 53.8 Å². The van der Waals surface area contributed by atoms with Crippen LogP contribution in [0.1, 0.15) is 85.9 Å². The van der Waals surface area contributed by atoms with Crippen LogP contribution in [0.25, 0.3) is 0 Å².